The molecule has 0 aromatic carbocycles. The second-order valence-electron chi connectivity index (χ2n) is 11.9. The minimum atomic E-state index is -4.81. The van der Waals surface area contributed by atoms with Crippen LogP contribution >= 0.6 is 7.82 Å². The third-order valence-electron chi connectivity index (χ3n) is 7.33. The molecule has 0 heterocycles. The summed E-state index contributed by atoms with van der Waals surface area (Å²) in [5.41, 5.74) is 0. The molecule has 0 amide bonds. The van der Waals surface area contributed by atoms with Crippen molar-refractivity contribution in [3.8, 4) is 0 Å². The topological polar surface area (TPSA) is 136 Å². The molecule has 0 aromatic heterocycles. The fourth-order valence-electron chi connectivity index (χ4n) is 4.62. The highest BCUT2D eigenvalue weighted by Gasteiger charge is 2.23. The molecule has 270 valence electrons. The summed E-state index contributed by atoms with van der Waals surface area (Å²) in [7, 11) is -4.81. The number of phosphoric acid groups is 1. The van der Waals surface area contributed by atoms with Gasteiger partial charge in [0.05, 0.1) is 6.61 Å². The van der Waals surface area contributed by atoms with Crippen LogP contribution in [0.25, 0.3) is 0 Å². The Morgan fingerprint density at radius 1 is 0.617 bits per heavy atom. The van der Waals surface area contributed by atoms with Crippen LogP contribution in [0.4, 0.5) is 0 Å². The number of rotatable bonds is 32. The molecule has 0 aliphatic carbocycles. The lowest BCUT2D eigenvalue weighted by atomic mass is 10.1. The first kappa shape index (κ1) is 44.7. The van der Waals surface area contributed by atoms with E-state index in [0.29, 0.717) is 6.42 Å². The van der Waals surface area contributed by atoms with E-state index in [2.05, 4.69) is 42.7 Å². The summed E-state index contributed by atoms with van der Waals surface area (Å²) in [5, 5.41) is 0. The maximum absolute atomic E-state index is 12.3. The van der Waals surface area contributed by atoms with Crippen molar-refractivity contribution in [2.75, 3.05) is 13.2 Å². The van der Waals surface area contributed by atoms with Crippen molar-refractivity contribution < 1.29 is 42.7 Å². The molecule has 0 aliphatic rings. The predicted octanol–water partition coefficient (Wildman–Crippen LogP) is 9.58. The van der Waals surface area contributed by atoms with E-state index in [-0.39, 0.29) is 38.1 Å². The number of ether oxygens (including phenoxy) is 2. The number of ketones is 1. The fraction of sp³-hybridized carbons (Fsp3) is 0.703. The van der Waals surface area contributed by atoms with E-state index >= 15 is 0 Å². The van der Waals surface area contributed by atoms with Gasteiger partial charge in [-0.05, 0) is 44.6 Å². The summed E-state index contributed by atoms with van der Waals surface area (Å²) in [4.78, 5) is 54.6. The van der Waals surface area contributed by atoms with Crippen molar-refractivity contribution in [2.45, 2.75) is 155 Å². The first-order valence-corrected chi connectivity index (χ1v) is 19.4. The molecule has 0 unspecified atom stereocenters. The standard InChI is InChI=1S/C37H63O9P/c1-3-5-7-9-11-13-15-16-18-19-21-23-25-28-34(38)29-27-31-37(40)46-35(33-45-47(41,42)43)32-44-36(39)30-26-24-22-20-17-14-12-10-8-6-4-2/h11,13,16,18,21,23,25,28,35H,3-10,12,14-15,17,19-20,22,24,26-27,29-33H2,1-2H3,(H2,41,42,43)/b13-11-,18-16-,23-21-,28-25+/t35-/m1/s1. The van der Waals surface area contributed by atoms with Crippen LogP contribution in [-0.2, 0) is 32.9 Å². The normalized spacial score (nSPS) is 12.9. The summed E-state index contributed by atoms with van der Waals surface area (Å²) in [6, 6.07) is 0. The second kappa shape index (κ2) is 32.2. The molecule has 0 aliphatic heterocycles. The summed E-state index contributed by atoms with van der Waals surface area (Å²) in [5.74, 6) is -1.28. The Morgan fingerprint density at radius 2 is 1.17 bits per heavy atom. The molecular formula is C37H63O9P. The van der Waals surface area contributed by atoms with Crippen LogP contribution in [0.1, 0.15) is 149 Å². The van der Waals surface area contributed by atoms with Crippen LogP contribution in [0.15, 0.2) is 48.6 Å². The van der Waals surface area contributed by atoms with Gasteiger partial charge in [-0.25, -0.2) is 4.57 Å². The minimum Gasteiger partial charge on any atom is -0.462 e. The molecule has 0 saturated heterocycles. The van der Waals surface area contributed by atoms with E-state index in [9.17, 15) is 18.9 Å². The first-order chi connectivity index (χ1) is 22.7. The Kier molecular flexibility index (Phi) is 30.6. The van der Waals surface area contributed by atoms with Gasteiger partial charge in [0.2, 0.25) is 0 Å². The van der Waals surface area contributed by atoms with Gasteiger partial charge in [0.1, 0.15) is 6.61 Å². The molecule has 47 heavy (non-hydrogen) atoms. The average Bonchev–Trinajstić information content (AvgIpc) is 3.03. The molecule has 0 aromatic rings. The van der Waals surface area contributed by atoms with Crippen LogP contribution in [0.2, 0.25) is 0 Å². The van der Waals surface area contributed by atoms with E-state index in [1.807, 2.05) is 6.08 Å². The van der Waals surface area contributed by atoms with Crippen LogP contribution in [-0.4, -0.2) is 46.8 Å². The molecular weight excluding hydrogens is 619 g/mol. The Bertz CT molecular complexity index is 965. The zero-order chi connectivity index (χ0) is 34.9. The molecule has 0 fully saturated rings. The van der Waals surface area contributed by atoms with E-state index in [4.69, 9.17) is 19.3 Å². The molecule has 0 radical (unpaired) electrons. The van der Waals surface area contributed by atoms with E-state index in [1.165, 1.54) is 70.3 Å². The molecule has 0 saturated carbocycles. The average molecular weight is 683 g/mol. The highest BCUT2D eigenvalue weighted by Crippen LogP contribution is 2.35. The van der Waals surface area contributed by atoms with Gasteiger partial charge >= 0.3 is 19.8 Å². The van der Waals surface area contributed by atoms with Crippen LogP contribution in [0, 0.1) is 0 Å². The first-order valence-electron chi connectivity index (χ1n) is 17.9. The number of hydrogen-bond donors (Lipinski definition) is 2. The number of hydrogen-bond acceptors (Lipinski definition) is 7. The number of esters is 2. The second-order valence-corrected chi connectivity index (χ2v) is 13.1. The molecule has 1 atom stereocenters. The zero-order valence-electron chi connectivity index (χ0n) is 29.2. The number of carbonyl (C=O) groups excluding carboxylic acids is 3. The summed E-state index contributed by atoms with van der Waals surface area (Å²) < 4.78 is 26.0. The van der Waals surface area contributed by atoms with Crippen molar-refractivity contribution in [2.24, 2.45) is 0 Å². The van der Waals surface area contributed by atoms with Crippen molar-refractivity contribution in [3.05, 3.63) is 48.6 Å². The lowest BCUT2D eigenvalue weighted by Gasteiger charge is -2.18. The summed E-state index contributed by atoms with van der Waals surface area (Å²) in [6.07, 6.45) is 34.1. The van der Waals surface area contributed by atoms with Crippen LogP contribution in [0.3, 0.4) is 0 Å². The minimum absolute atomic E-state index is 0.0770. The van der Waals surface area contributed by atoms with Crippen molar-refractivity contribution in [1.29, 1.82) is 0 Å². The smallest absolute Gasteiger partial charge is 0.462 e. The fourth-order valence-corrected chi connectivity index (χ4v) is 4.98. The summed E-state index contributed by atoms with van der Waals surface area (Å²) >= 11 is 0. The Hall–Kier alpha value is -2.32. The van der Waals surface area contributed by atoms with Gasteiger partial charge in [-0.15, -0.1) is 0 Å². The molecule has 2 N–H and O–H groups in total. The van der Waals surface area contributed by atoms with Gasteiger partial charge in [-0.3, -0.25) is 18.9 Å². The number of unbranched alkanes of at least 4 members (excludes halogenated alkanes) is 13. The lowest BCUT2D eigenvalue weighted by Crippen LogP contribution is -2.29. The number of carbonyl (C=O) groups is 3. The quantitative estimate of drug-likeness (QED) is 0.0177. The number of phosphoric ester groups is 1. The zero-order valence-corrected chi connectivity index (χ0v) is 30.1. The maximum atomic E-state index is 12.3. The lowest BCUT2D eigenvalue weighted by molar-refractivity contribution is -0.161. The SMILES string of the molecule is CCCCC/C=C\C/C=C\C/C=C\C=C\C(=O)CCCC(=O)O[C@H](COC(=O)CCCCCCCCCCCCC)COP(=O)(O)O. The molecule has 10 heteroatoms. The van der Waals surface area contributed by atoms with Gasteiger partial charge in [-0.1, -0.05) is 133 Å². The van der Waals surface area contributed by atoms with Crippen molar-refractivity contribution in [1.82, 2.24) is 0 Å². The van der Waals surface area contributed by atoms with E-state index < -0.39 is 32.5 Å². The van der Waals surface area contributed by atoms with Crippen LogP contribution in [0.5, 0.6) is 0 Å². The molecule has 0 spiro atoms. The van der Waals surface area contributed by atoms with Gasteiger partial charge in [0.15, 0.2) is 11.9 Å². The summed E-state index contributed by atoms with van der Waals surface area (Å²) in [6.45, 7) is 3.42. The number of allylic oxidation sites excluding steroid dienone is 8. The van der Waals surface area contributed by atoms with Gasteiger partial charge < -0.3 is 19.3 Å². The van der Waals surface area contributed by atoms with E-state index in [0.717, 1.165) is 38.5 Å². The van der Waals surface area contributed by atoms with E-state index in [1.54, 1.807) is 12.2 Å². The van der Waals surface area contributed by atoms with Gasteiger partial charge in [0.25, 0.3) is 0 Å². The monoisotopic (exact) mass is 682 g/mol. The Balaban J connectivity index is 4.23. The van der Waals surface area contributed by atoms with Crippen molar-refractivity contribution in [3.63, 3.8) is 0 Å². The maximum Gasteiger partial charge on any atom is 0.469 e. The van der Waals surface area contributed by atoms with Crippen LogP contribution < -0.4 is 0 Å². The van der Waals surface area contributed by atoms with Crippen molar-refractivity contribution >= 4 is 25.5 Å². The Morgan fingerprint density at radius 3 is 1.81 bits per heavy atom. The predicted molar refractivity (Wildman–Crippen MR) is 189 cm³/mol. The highest BCUT2D eigenvalue weighted by atomic mass is 31.2. The van der Waals surface area contributed by atoms with Gasteiger partial charge in [0, 0.05) is 19.3 Å². The molecule has 9 nitrogen and oxygen atoms in total. The Labute approximate surface area is 284 Å². The largest absolute Gasteiger partial charge is 0.469 e. The molecule has 0 bridgehead atoms. The third-order valence-corrected chi connectivity index (χ3v) is 7.81. The highest BCUT2D eigenvalue weighted by molar-refractivity contribution is 7.46. The third kappa shape index (κ3) is 34.8. The van der Waals surface area contributed by atoms with Gasteiger partial charge in [-0.2, -0.15) is 0 Å². The molecule has 0 rings (SSSR count).